The number of methoxy groups -OCH3 is 1. The van der Waals surface area contributed by atoms with Crippen LogP contribution in [0.15, 0.2) is 36.4 Å². The zero-order valence-corrected chi connectivity index (χ0v) is 16.2. The maximum atomic E-state index is 12.5. The fraction of sp³-hybridized carbons (Fsp3) is 0.429. The van der Waals surface area contributed by atoms with E-state index in [1.807, 2.05) is 30.3 Å². The third-order valence-corrected chi connectivity index (χ3v) is 4.72. The minimum absolute atomic E-state index is 0.00782. The van der Waals surface area contributed by atoms with E-state index in [0.29, 0.717) is 12.6 Å². The van der Waals surface area contributed by atoms with Crippen LogP contribution in [0.2, 0.25) is 0 Å². The third kappa shape index (κ3) is 5.44. The van der Waals surface area contributed by atoms with Gasteiger partial charge in [0.1, 0.15) is 5.75 Å². The molecular formula is C21H27N3O3. The Kier molecular flexibility index (Phi) is 5.96. The summed E-state index contributed by atoms with van der Waals surface area (Å²) in [5, 5.41) is 5.16. The van der Waals surface area contributed by atoms with Gasteiger partial charge >= 0.3 is 0 Å². The van der Waals surface area contributed by atoms with Crippen LogP contribution < -0.4 is 10.1 Å². The molecule has 1 saturated carbocycles. The van der Waals surface area contributed by atoms with Gasteiger partial charge in [0, 0.05) is 19.6 Å². The number of hydrogen-bond acceptors (Lipinski definition) is 4. The molecule has 0 saturated heterocycles. The zero-order chi connectivity index (χ0) is 19.4. The normalized spacial score (nSPS) is 13.6. The van der Waals surface area contributed by atoms with Gasteiger partial charge in [-0.05, 0) is 54.4 Å². The molecular weight excluding hydrogens is 342 g/mol. The molecule has 6 heteroatoms. The first-order valence-electron chi connectivity index (χ1n) is 9.23. The van der Waals surface area contributed by atoms with Crippen molar-refractivity contribution < 1.29 is 14.3 Å². The molecule has 6 nitrogen and oxygen atoms in total. The van der Waals surface area contributed by atoms with E-state index >= 15 is 0 Å². The molecule has 0 atom stereocenters. The van der Waals surface area contributed by atoms with Crippen LogP contribution in [0, 0.1) is 0 Å². The highest BCUT2D eigenvalue weighted by molar-refractivity contribution is 5.85. The maximum Gasteiger partial charge on any atom is 0.236 e. The van der Waals surface area contributed by atoms with Gasteiger partial charge in [-0.25, -0.2) is 0 Å². The van der Waals surface area contributed by atoms with Gasteiger partial charge in [0.05, 0.1) is 20.2 Å². The number of likely N-dealkylation sites (N-methyl/N-ethyl adjacent to an activating group) is 2. The predicted octanol–water partition coefficient (Wildman–Crippen LogP) is 2.02. The molecule has 1 aliphatic rings. The highest BCUT2D eigenvalue weighted by atomic mass is 16.5. The number of fused-ring (bicyclic) bond motifs is 1. The molecule has 2 aromatic carbocycles. The summed E-state index contributed by atoms with van der Waals surface area (Å²) in [5.74, 6) is 0.809. The molecule has 144 valence electrons. The second-order valence-electron chi connectivity index (χ2n) is 7.31. The molecule has 0 bridgehead atoms. The summed E-state index contributed by atoms with van der Waals surface area (Å²) in [5.41, 5.74) is 1.07. The second-order valence-corrected chi connectivity index (χ2v) is 7.31. The van der Waals surface area contributed by atoms with E-state index < -0.39 is 0 Å². The number of benzene rings is 2. The van der Waals surface area contributed by atoms with Crippen molar-refractivity contribution in [2.24, 2.45) is 0 Å². The molecule has 3 rings (SSSR count). The minimum Gasteiger partial charge on any atom is -0.497 e. The Morgan fingerprint density at radius 1 is 1.07 bits per heavy atom. The molecule has 1 aliphatic carbocycles. The standard InChI is InChI=1S/C21H27N3O3/c1-23(13-20(25)22-18-7-8-18)14-21(26)24(2)12-15-4-5-17-11-19(27-3)9-6-16(17)10-15/h4-6,9-11,18H,7-8,12-14H2,1-3H3,(H,22,25). The van der Waals surface area contributed by atoms with Crippen molar-refractivity contribution in [1.29, 1.82) is 0 Å². The minimum atomic E-state index is -0.0135. The van der Waals surface area contributed by atoms with Gasteiger partial charge in [0.2, 0.25) is 11.8 Å². The quantitative estimate of drug-likeness (QED) is 0.773. The number of ether oxygens (including phenoxy) is 1. The Morgan fingerprint density at radius 2 is 1.78 bits per heavy atom. The summed E-state index contributed by atoms with van der Waals surface area (Å²) in [7, 11) is 5.24. The number of nitrogens with one attached hydrogen (secondary N) is 1. The van der Waals surface area contributed by atoms with Gasteiger partial charge in [-0.1, -0.05) is 18.2 Å². The highest BCUT2D eigenvalue weighted by Crippen LogP contribution is 2.22. The van der Waals surface area contributed by atoms with E-state index in [1.54, 1.807) is 31.0 Å². The van der Waals surface area contributed by atoms with E-state index in [4.69, 9.17) is 4.74 Å². The first-order chi connectivity index (χ1) is 12.9. The number of rotatable bonds is 8. The van der Waals surface area contributed by atoms with Crippen LogP contribution in [-0.4, -0.2) is 62.0 Å². The van der Waals surface area contributed by atoms with Crippen LogP contribution >= 0.6 is 0 Å². The molecule has 2 aromatic rings. The predicted molar refractivity (Wildman–Crippen MR) is 106 cm³/mol. The first kappa shape index (κ1) is 19.2. The van der Waals surface area contributed by atoms with E-state index in [2.05, 4.69) is 11.4 Å². The van der Waals surface area contributed by atoms with Crippen molar-refractivity contribution in [3.8, 4) is 5.75 Å². The number of amides is 2. The summed E-state index contributed by atoms with van der Waals surface area (Å²) in [6.07, 6.45) is 2.13. The summed E-state index contributed by atoms with van der Waals surface area (Å²) in [6.45, 7) is 0.996. The van der Waals surface area contributed by atoms with Gasteiger partial charge in [0.25, 0.3) is 0 Å². The average Bonchev–Trinajstić information content (AvgIpc) is 3.44. The largest absolute Gasteiger partial charge is 0.497 e. The fourth-order valence-electron chi connectivity index (χ4n) is 3.01. The van der Waals surface area contributed by atoms with Crippen molar-refractivity contribution in [2.45, 2.75) is 25.4 Å². The lowest BCUT2D eigenvalue weighted by molar-refractivity contribution is -0.132. The molecule has 0 unspecified atom stereocenters. The Labute approximate surface area is 160 Å². The fourth-order valence-corrected chi connectivity index (χ4v) is 3.01. The van der Waals surface area contributed by atoms with E-state index in [1.165, 1.54) is 0 Å². The summed E-state index contributed by atoms with van der Waals surface area (Å²) in [4.78, 5) is 27.7. The maximum absolute atomic E-state index is 12.5. The van der Waals surface area contributed by atoms with Crippen molar-refractivity contribution in [1.82, 2.24) is 15.1 Å². The average molecular weight is 369 g/mol. The van der Waals surface area contributed by atoms with Crippen molar-refractivity contribution in [3.63, 3.8) is 0 Å². The van der Waals surface area contributed by atoms with Crippen LogP contribution in [0.5, 0.6) is 5.75 Å². The van der Waals surface area contributed by atoms with Crippen LogP contribution in [0.1, 0.15) is 18.4 Å². The molecule has 0 radical (unpaired) electrons. The smallest absolute Gasteiger partial charge is 0.236 e. The molecule has 0 spiro atoms. The Hall–Kier alpha value is -2.60. The van der Waals surface area contributed by atoms with E-state index in [0.717, 1.165) is 34.9 Å². The number of carbonyl (C=O) groups excluding carboxylic acids is 2. The lowest BCUT2D eigenvalue weighted by atomic mass is 10.1. The molecule has 0 aromatic heterocycles. The monoisotopic (exact) mass is 369 g/mol. The summed E-state index contributed by atoms with van der Waals surface area (Å²) in [6, 6.07) is 12.4. The van der Waals surface area contributed by atoms with Gasteiger partial charge in [-0.3, -0.25) is 14.5 Å². The van der Waals surface area contributed by atoms with Gasteiger partial charge < -0.3 is 15.0 Å². The van der Waals surface area contributed by atoms with E-state index in [9.17, 15) is 9.59 Å². The Morgan fingerprint density at radius 3 is 2.48 bits per heavy atom. The van der Waals surface area contributed by atoms with Gasteiger partial charge in [-0.15, -0.1) is 0 Å². The third-order valence-electron chi connectivity index (χ3n) is 4.72. The number of hydrogen-bond donors (Lipinski definition) is 1. The van der Waals surface area contributed by atoms with Crippen molar-refractivity contribution in [3.05, 3.63) is 42.0 Å². The molecule has 27 heavy (non-hydrogen) atoms. The topological polar surface area (TPSA) is 61.9 Å². The Bertz CT molecular complexity index is 833. The van der Waals surface area contributed by atoms with E-state index in [-0.39, 0.29) is 24.9 Å². The Balaban J connectivity index is 1.53. The van der Waals surface area contributed by atoms with Crippen LogP contribution in [0.3, 0.4) is 0 Å². The van der Waals surface area contributed by atoms with Gasteiger partial charge in [0.15, 0.2) is 0 Å². The molecule has 1 N–H and O–H groups in total. The SMILES string of the molecule is COc1ccc2cc(CN(C)C(=O)CN(C)CC(=O)NC3CC3)ccc2c1. The zero-order valence-electron chi connectivity index (χ0n) is 16.2. The first-order valence-corrected chi connectivity index (χ1v) is 9.23. The lowest BCUT2D eigenvalue weighted by Crippen LogP contribution is -2.41. The molecule has 2 amide bonds. The van der Waals surface area contributed by atoms with Crippen LogP contribution in [0.4, 0.5) is 0 Å². The summed E-state index contributed by atoms with van der Waals surface area (Å²) >= 11 is 0. The van der Waals surface area contributed by atoms with Crippen LogP contribution in [-0.2, 0) is 16.1 Å². The highest BCUT2D eigenvalue weighted by Gasteiger charge is 2.24. The molecule has 1 fully saturated rings. The summed E-state index contributed by atoms with van der Waals surface area (Å²) < 4.78 is 5.25. The van der Waals surface area contributed by atoms with Gasteiger partial charge in [-0.2, -0.15) is 0 Å². The number of nitrogens with zero attached hydrogens (tertiary/aromatic N) is 2. The van der Waals surface area contributed by atoms with Crippen LogP contribution in [0.25, 0.3) is 10.8 Å². The second kappa shape index (κ2) is 8.39. The molecule has 0 heterocycles. The van der Waals surface area contributed by atoms with Crippen molar-refractivity contribution >= 4 is 22.6 Å². The van der Waals surface area contributed by atoms with Crippen molar-refractivity contribution in [2.75, 3.05) is 34.3 Å². The molecule has 0 aliphatic heterocycles. The number of carbonyl (C=O) groups is 2. The lowest BCUT2D eigenvalue weighted by Gasteiger charge is -2.22.